The molecular weight excluding hydrogens is 332 g/mol. The van der Waals surface area contributed by atoms with Crippen molar-refractivity contribution in [2.24, 2.45) is 0 Å². The number of benzene rings is 2. The number of esters is 1. The van der Waals surface area contributed by atoms with E-state index in [-0.39, 0.29) is 6.61 Å². The first-order chi connectivity index (χ1) is 12.6. The van der Waals surface area contributed by atoms with Gasteiger partial charge in [0.05, 0.1) is 6.61 Å². The van der Waals surface area contributed by atoms with Crippen LogP contribution in [0, 0.1) is 0 Å². The largest absolute Gasteiger partial charge is 0.491 e. The first-order valence-corrected chi connectivity index (χ1v) is 8.38. The summed E-state index contributed by atoms with van der Waals surface area (Å²) in [5, 5.41) is 0. The molecule has 0 atom stereocenters. The van der Waals surface area contributed by atoms with E-state index >= 15 is 0 Å². The van der Waals surface area contributed by atoms with Crippen LogP contribution in [0.25, 0.3) is 11.1 Å². The molecule has 0 aliphatic heterocycles. The number of hydrogen-bond donors (Lipinski definition) is 0. The Morgan fingerprint density at radius 3 is 1.69 bits per heavy atom. The van der Waals surface area contributed by atoms with Gasteiger partial charge in [0, 0.05) is 12.7 Å². The van der Waals surface area contributed by atoms with Crippen LogP contribution in [0.1, 0.15) is 6.92 Å². The maximum Gasteiger partial charge on any atom is 0.333 e. The van der Waals surface area contributed by atoms with E-state index in [2.05, 4.69) is 6.58 Å². The summed E-state index contributed by atoms with van der Waals surface area (Å²) < 4.78 is 21.1. The van der Waals surface area contributed by atoms with Crippen molar-refractivity contribution in [2.45, 2.75) is 6.92 Å². The maximum absolute atomic E-state index is 11.3. The summed E-state index contributed by atoms with van der Waals surface area (Å²) in [6.45, 7) is 6.72. The van der Waals surface area contributed by atoms with Crippen LogP contribution in [0.3, 0.4) is 0 Å². The Labute approximate surface area is 154 Å². The first kappa shape index (κ1) is 19.5. The summed E-state index contributed by atoms with van der Waals surface area (Å²) in [4.78, 5) is 11.3. The highest BCUT2D eigenvalue weighted by molar-refractivity contribution is 5.86. The lowest BCUT2D eigenvalue weighted by molar-refractivity contribution is -0.139. The number of hydrogen-bond acceptors (Lipinski definition) is 5. The Bertz CT molecular complexity index is 704. The van der Waals surface area contributed by atoms with Gasteiger partial charge in [0.15, 0.2) is 0 Å². The Hall–Kier alpha value is -2.79. The molecule has 0 saturated carbocycles. The minimum atomic E-state index is -0.404. The lowest BCUT2D eigenvalue weighted by Gasteiger charge is -2.09. The summed E-state index contributed by atoms with van der Waals surface area (Å²) in [5.41, 5.74) is 2.55. The molecule has 2 aromatic carbocycles. The van der Waals surface area contributed by atoms with Gasteiger partial charge in [0.2, 0.25) is 0 Å². The van der Waals surface area contributed by atoms with Gasteiger partial charge in [-0.3, -0.25) is 0 Å². The van der Waals surface area contributed by atoms with Crippen molar-refractivity contribution in [3.8, 4) is 22.6 Å². The fraction of sp³-hybridized carbons (Fsp3) is 0.286. The zero-order valence-corrected chi connectivity index (χ0v) is 15.2. The summed E-state index contributed by atoms with van der Waals surface area (Å²) in [7, 11) is 1.65. The standard InChI is InChI=1S/C21H24O5/c1-16(2)21(22)26-15-14-25-20-10-6-18(7-11-20)17-4-8-19(9-5-17)24-13-12-23-3/h4-11H,1,12-15H2,2-3H3. The van der Waals surface area contributed by atoms with Gasteiger partial charge in [0.25, 0.3) is 0 Å². The predicted molar refractivity (Wildman–Crippen MR) is 101 cm³/mol. The van der Waals surface area contributed by atoms with Gasteiger partial charge in [-0.05, 0) is 42.3 Å². The molecule has 0 aromatic heterocycles. The lowest BCUT2D eigenvalue weighted by atomic mass is 10.1. The number of carbonyl (C=O) groups is 1. The molecule has 26 heavy (non-hydrogen) atoms. The molecule has 0 aliphatic rings. The van der Waals surface area contributed by atoms with E-state index in [1.165, 1.54) is 0 Å². The third-order valence-corrected chi connectivity index (χ3v) is 3.53. The Morgan fingerprint density at radius 2 is 1.27 bits per heavy atom. The Morgan fingerprint density at radius 1 is 0.808 bits per heavy atom. The Balaban J connectivity index is 1.83. The van der Waals surface area contributed by atoms with Crippen LogP contribution >= 0.6 is 0 Å². The average Bonchev–Trinajstić information content (AvgIpc) is 2.66. The summed E-state index contributed by atoms with van der Waals surface area (Å²) in [6.07, 6.45) is 0. The van der Waals surface area contributed by atoms with Crippen LogP contribution in [0.5, 0.6) is 11.5 Å². The Kier molecular flexibility index (Phi) is 7.71. The molecule has 2 aromatic rings. The molecule has 0 N–H and O–H groups in total. The van der Waals surface area contributed by atoms with Crippen LogP contribution in [0.2, 0.25) is 0 Å². The second-order valence-corrected chi connectivity index (χ2v) is 5.65. The first-order valence-electron chi connectivity index (χ1n) is 8.38. The van der Waals surface area contributed by atoms with Crippen LogP contribution in [0.4, 0.5) is 0 Å². The van der Waals surface area contributed by atoms with Crippen molar-refractivity contribution in [1.29, 1.82) is 0 Å². The quantitative estimate of drug-likeness (QED) is 0.367. The number of ether oxygens (including phenoxy) is 4. The molecular formula is C21H24O5. The van der Waals surface area contributed by atoms with Crippen molar-refractivity contribution in [3.05, 3.63) is 60.7 Å². The zero-order chi connectivity index (χ0) is 18.8. The van der Waals surface area contributed by atoms with Gasteiger partial charge in [-0.25, -0.2) is 4.79 Å². The second-order valence-electron chi connectivity index (χ2n) is 5.65. The average molecular weight is 356 g/mol. The van der Waals surface area contributed by atoms with E-state index in [4.69, 9.17) is 18.9 Å². The molecule has 5 heteroatoms. The van der Waals surface area contributed by atoms with Crippen molar-refractivity contribution < 1.29 is 23.7 Å². The molecule has 0 fully saturated rings. The third kappa shape index (κ3) is 6.26. The van der Waals surface area contributed by atoms with Crippen molar-refractivity contribution in [2.75, 3.05) is 33.5 Å². The molecule has 5 nitrogen and oxygen atoms in total. The van der Waals surface area contributed by atoms with E-state index in [1.807, 2.05) is 48.5 Å². The minimum absolute atomic E-state index is 0.192. The second kappa shape index (κ2) is 10.3. The predicted octanol–water partition coefficient (Wildman–Crippen LogP) is 3.88. The lowest BCUT2D eigenvalue weighted by Crippen LogP contribution is -2.12. The van der Waals surface area contributed by atoms with Crippen LogP contribution in [-0.4, -0.2) is 39.5 Å². The summed E-state index contributed by atoms with van der Waals surface area (Å²) >= 11 is 0. The van der Waals surface area contributed by atoms with E-state index in [1.54, 1.807) is 14.0 Å². The third-order valence-electron chi connectivity index (χ3n) is 3.53. The SMILES string of the molecule is C=C(C)C(=O)OCCOc1ccc(-c2ccc(OCCOC)cc2)cc1. The fourth-order valence-corrected chi connectivity index (χ4v) is 2.15. The molecule has 138 valence electrons. The number of methoxy groups -OCH3 is 1. The van der Waals surface area contributed by atoms with Gasteiger partial charge in [0.1, 0.15) is 31.3 Å². The van der Waals surface area contributed by atoms with E-state index < -0.39 is 5.97 Å². The normalized spacial score (nSPS) is 10.2. The topological polar surface area (TPSA) is 54.0 Å². The molecule has 0 unspecified atom stereocenters. The monoisotopic (exact) mass is 356 g/mol. The van der Waals surface area contributed by atoms with E-state index in [9.17, 15) is 4.79 Å². The molecule has 0 saturated heterocycles. The van der Waals surface area contributed by atoms with E-state index in [0.29, 0.717) is 25.4 Å². The van der Waals surface area contributed by atoms with Gasteiger partial charge < -0.3 is 18.9 Å². The molecule has 2 rings (SSSR count). The molecule has 0 bridgehead atoms. The minimum Gasteiger partial charge on any atom is -0.491 e. The van der Waals surface area contributed by atoms with Crippen molar-refractivity contribution in [3.63, 3.8) is 0 Å². The van der Waals surface area contributed by atoms with Gasteiger partial charge in [-0.15, -0.1) is 0 Å². The van der Waals surface area contributed by atoms with Crippen molar-refractivity contribution >= 4 is 5.97 Å². The van der Waals surface area contributed by atoms with Crippen molar-refractivity contribution in [1.82, 2.24) is 0 Å². The number of rotatable bonds is 10. The molecule has 0 heterocycles. The zero-order valence-electron chi connectivity index (χ0n) is 15.2. The molecule has 0 aliphatic carbocycles. The van der Waals surface area contributed by atoms with Crippen LogP contribution in [-0.2, 0) is 14.3 Å². The van der Waals surface area contributed by atoms with Gasteiger partial charge >= 0.3 is 5.97 Å². The smallest absolute Gasteiger partial charge is 0.333 e. The fourth-order valence-electron chi connectivity index (χ4n) is 2.15. The highest BCUT2D eigenvalue weighted by atomic mass is 16.6. The van der Waals surface area contributed by atoms with Crippen LogP contribution in [0.15, 0.2) is 60.7 Å². The molecule has 0 spiro atoms. The summed E-state index contributed by atoms with van der Waals surface area (Å²) in [5.74, 6) is 1.13. The van der Waals surface area contributed by atoms with Gasteiger partial charge in [-0.1, -0.05) is 30.8 Å². The highest BCUT2D eigenvalue weighted by Crippen LogP contribution is 2.24. The molecule has 0 radical (unpaired) electrons. The maximum atomic E-state index is 11.3. The molecule has 0 amide bonds. The number of carbonyl (C=O) groups excluding carboxylic acids is 1. The van der Waals surface area contributed by atoms with Crippen LogP contribution < -0.4 is 9.47 Å². The summed E-state index contributed by atoms with van der Waals surface area (Å²) in [6, 6.07) is 15.6. The highest BCUT2D eigenvalue weighted by Gasteiger charge is 2.03. The van der Waals surface area contributed by atoms with E-state index in [0.717, 1.165) is 22.6 Å². The van der Waals surface area contributed by atoms with Gasteiger partial charge in [-0.2, -0.15) is 0 Å².